The molecule has 6 heteroatoms. The van der Waals surface area contributed by atoms with Crippen molar-refractivity contribution in [2.24, 2.45) is 17.6 Å². The van der Waals surface area contributed by atoms with Gasteiger partial charge >= 0.3 is 6.03 Å². The third-order valence-corrected chi connectivity index (χ3v) is 5.03. The summed E-state index contributed by atoms with van der Waals surface area (Å²) in [5.41, 5.74) is 6.44. The van der Waals surface area contributed by atoms with Crippen LogP contribution >= 0.6 is 0 Å². The van der Waals surface area contributed by atoms with Gasteiger partial charge in [-0.25, -0.2) is 4.79 Å². The van der Waals surface area contributed by atoms with E-state index in [1.165, 1.54) is 5.56 Å². The second kappa shape index (κ2) is 8.34. The molecule has 1 aliphatic rings. The van der Waals surface area contributed by atoms with Gasteiger partial charge in [0.05, 0.1) is 0 Å². The highest BCUT2D eigenvalue weighted by molar-refractivity contribution is 5.86. The lowest BCUT2D eigenvalue weighted by atomic mass is 9.84. The van der Waals surface area contributed by atoms with Gasteiger partial charge in [0, 0.05) is 32.7 Å². The normalized spacial score (nSPS) is 25.2. The van der Waals surface area contributed by atoms with Crippen molar-refractivity contribution in [3.63, 3.8) is 0 Å². The molecule has 4 atom stereocenters. The van der Waals surface area contributed by atoms with Crippen LogP contribution in [0.15, 0.2) is 30.3 Å². The van der Waals surface area contributed by atoms with Crippen molar-refractivity contribution in [3.8, 4) is 0 Å². The minimum Gasteiger partial charge on any atom is -0.352 e. The summed E-state index contributed by atoms with van der Waals surface area (Å²) in [5, 5.41) is 2.47. The quantitative estimate of drug-likeness (QED) is 0.851. The molecule has 1 aromatic rings. The third-order valence-electron chi connectivity index (χ3n) is 5.03. The van der Waals surface area contributed by atoms with Crippen molar-refractivity contribution < 1.29 is 9.59 Å². The fourth-order valence-electron chi connectivity index (χ4n) is 4.13. The zero-order valence-corrected chi connectivity index (χ0v) is 15.6. The average molecular weight is 346 g/mol. The number of hydrogen-bond donors (Lipinski definition) is 2. The molecule has 2 rings (SSSR count). The number of nitrogens with two attached hydrogens (primary N) is 1. The largest absolute Gasteiger partial charge is 0.352 e. The summed E-state index contributed by atoms with van der Waals surface area (Å²) in [7, 11) is 1.83. The number of carbonyl (C=O) groups is 2. The van der Waals surface area contributed by atoms with E-state index in [2.05, 4.69) is 48.3 Å². The van der Waals surface area contributed by atoms with Crippen molar-refractivity contribution in [3.05, 3.63) is 35.9 Å². The lowest BCUT2D eigenvalue weighted by molar-refractivity contribution is -0.137. The Morgan fingerprint density at radius 2 is 1.80 bits per heavy atom. The number of nitrogens with one attached hydrogen (secondary N) is 1. The summed E-state index contributed by atoms with van der Waals surface area (Å²) < 4.78 is 0. The van der Waals surface area contributed by atoms with Crippen molar-refractivity contribution in [1.82, 2.24) is 15.1 Å². The molecule has 0 spiro atoms. The van der Waals surface area contributed by atoms with Crippen LogP contribution in [0, 0.1) is 11.8 Å². The number of urea groups is 1. The van der Waals surface area contributed by atoms with Gasteiger partial charge in [0.25, 0.3) is 0 Å². The Kier molecular flexibility index (Phi) is 6.42. The Morgan fingerprint density at radius 1 is 1.24 bits per heavy atom. The summed E-state index contributed by atoms with van der Waals surface area (Å²) in [5.74, 6) is 0.600. The van der Waals surface area contributed by atoms with E-state index in [-0.39, 0.29) is 11.9 Å². The molecule has 3 N–H and O–H groups in total. The molecule has 25 heavy (non-hydrogen) atoms. The van der Waals surface area contributed by atoms with Gasteiger partial charge in [-0.3, -0.25) is 9.69 Å². The van der Waals surface area contributed by atoms with E-state index < -0.39 is 12.1 Å². The topological polar surface area (TPSA) is 78.7 Å². The minimum atomic E-state index is -0.673. The standard InChI is InChI=1S/C19H30N4O2/c1-13-10-23(12-16-8-6-5-7-9-16)11-14(2)17(13)22(4)18(24)15(3)21-19(20)25/h5-9,13-15,17H,10-12H2,1-4H3,(H3,20,21,25)/t13-,14+,15-,17?/m1/s1. The molecule has 1 fully saturated rings. The van der Waals surface area contributed by atoms with Crippen LogP contribution in [0.5, 0.6) is 0 Å². The molecule has 3 amide bonds. The number of hydrogen-bond acceptors (Lipinski definition) is 3. The lowest BCUT2D eigenvalue weighted by Gasteiger charge is -2.46. The molecule has 1 aromatic carbocycles. The smallest absolute Gasteiger partial charge is 0.312 e. The second-order valence-electron chi connectivity index (χ2n) is 7.30. The van der Waals surface area contributed by atoms with Crippen LogP contribution in [-0.2, 0) is 11.3 Å². The molecule has 1 unspecified atom stereocenters. The Bertz CT molecular complexity index is 580. The zero-order valence-electron chi connectivity index (χ0n) is 15.6. The first-order valence-corrected chi connectivity index (χ1v) is 8.88. The van der Waals surface area contributed by atoms with Crippen LogP contribution in [0.2, 0.25) is 0 Å². The van der Waals surface area contributed by atoms with Gasteiger partial charge in [-0.1, -0.05) is 44.2 Å². The van der Waals surface area contributed by atoms with Crippen LogP contribution in [-0.4, -0.2) is 54.0 Å². The minimum absolute atomic E-state index is 0.0981. The number of carbonyl (C=O) groups excluding carboxylic acids is 2. The molecule has 1 heterocycles. The number of nitrogens with zero attached hydrogens (tertiary/aromatic N) is 2. The van der Waals surface area contributed by atoms with Crippen molar-refractivity contribution in [2.75, 3.05) is 20.1 Å². The van der Waals surface area contributed by atoms with Crippen molar-refractivity contribution in [1.29, 1.82) is 0 Å². The molecule has 0 saturated carbocycles. The average Bonchev–Trinajstić information content (AvgIpc) is 2.53. The Morgan fingerprint density at radius 3 is 2.32 bits per heavy atom. The third kappa shape index (κ3) is 4.95. The molecule has 1 saturated heterocycles. The number of likely N-dealkylation sites (tertiary alicyclic amines) is 1. The van der Waals surface area contributed by atoms with Crippen molar-refractivity contribution in [2.45, 2.75) is 39.4 Å². The predicted molar refractivity (Wildman–Crippen MR) is 98.8 cm³/mol. The van der Waals surface area contributed by atoms with E-state index >= 15 is 0 Å². The number of piperidine rings is 1. The van der Waals surface area contributed by atoms with Gasteiger partial charge in [-0.05, 0) is 24.3 Å². The van der Waals surface area contributed by atoms with Crippen molar-refractivity contribution >= 4 is 11.9 Å². The monoisotopic (exact) mass is 346 g/mol. The van der Waals surface area contributed by atoms with Crippen LogP contribution < -0.4 is 11.1 Å². The van der Waals surface area contributed by atoms with E-state index in [1.54, 1.807) is 11.8 Å². The molecule has 0 aromatic heterocycles. The van der Waals surface area contributed by atoms with Gasteiger partial charge < -0.3 is 16.0 Å². The van der Waals surface area contributed by atoms with E-state index in [0.29, 0.717) is 11.8 Å². The molecule has 0 aliphatic carbocycles. The van der Waals surface area contributed by atoms with Gasteiger partial charge in [0.15, 0.2) is 0 Å². The SMILES string of the molecule is C[C@@H]1CN(Cc2ccccc2)C[C@H](C)C1N(C)C(=O)[C@@H](C)NC(N)=O. The maximum absolute atomic E-state index is 12.6. The molecular weight excluding hydrogens is 316 g/mol. The summed E-state index contributed by atoms with van der Waals surface area (Å²) in [6.45, 7) is 8.86. The Hall–Kier alpha value is -2.08. The Balaban J connectivity index is 1.99. The summed E-state index contributed by atoms with van der Waals surface area (Å²) in [6.07, 6.45) is 0. The van der Waals surface area contributed by atoms with Crippen LogP contribution in [0.4, 0.5) is 4.79 Å². The zero-order chi connectivity index (χ0) is 18.6. The van der Waals surface area contributed by atoms with Gasteiger partial charge in [0.2, 0.25) is 5.91 Å². The number of primary amides is 1. The highest BCUT2D eigenvalue weighted by atomic mass is 16.2. The molecule has 6 nitrogen and oxygen atoms in total. The van der Waals surface area contributed by atoms with E-state index in [9.17, 15) is 9.59 Å². The first-order valence-electron chi connectivity index (χ1n) is 8.88. The number of benzene rings is 1. The van der Waals surface area contributed by atoms with Crippen LogP contribution in [0.25, 0.3) is 0 Å². The fourth-order valence-corrected chi connectivity index (χ4v) is 4.13. The van der Waals surface area contributed by atoms with E-state index in [1.807, 2.05) is 13.1 Å². The molecular formula is C19H30N4O2. The first-order chi connectivity index (χ1) is 11.8. The molecule has 1 aliphatic heterocycles. The summed E-state index contributed by atoms with van der Waals surface area (Å²) in [6, 6.07) is 9.32. The maximum Gasteiger partial charge on any atom is 0.312 e. The van der Waals surface area contributed by atoms with E-state index in [4.69, 9.17) is 5.73 Å². The molecule has 0 radical (unpaired) electrons. The van der Waals surface area contributed by atoms with Gasteiger partial charge in [-0.2, -0.15) is 0 Å². The van der Waals surface area contributed by atoms with Crippen LogP contribution in [0.3, 0.4) is 0 Å². The second-order valence-corrected chi connectivity index (χ2v) is 7.30. The maximum atomic E-state index is 12.6. The fraction of sp³-hybridized carbons (Fsp3) is 0.579. The highest BCUT2D eigenvalue weighted by Gasteiger charge is 2.37. The predicted octanol–water partition coefficient (Wildman–Crippen LogP) is 1.66. The summed E-state index contributed by atoms with van der Waals surface area (Å²) >= 11 is 0. The lowest BCUT2D eigenvalue weighted by Crippen LogP contribution is -2.58. The van der Waals surface area contributed by atoms with Crippen LogP contribution in [0.1, 0.15) is 26.3 Å². The first kappa shape index (κ1) is 19.2. The van der Waals surface area contributed by atoms with Gasteiger partial charge in [0.1, 0.15) is 6.04 Å². The van der Waals surface area contributed by atoms with Gasteiger partial charge in [-0.15, -0.1) is 0 Å². The number of amides is 3. The number of likely N-dealkylation sites (N-methyl/N-ethyl adjacent to an activating group) is 1. The molecule has 0 bridgehead atoms. The number of rotatable bonds is 5. The highest BCUT2D eigenvalue weighted by Crippen LogP contribution is 2.27. The van der Waals surface area contributed by atoms with E-state index in [0.717, 1.165) is 19.6 Å². The summed E-state index contributed by atoms with van der Waals surface area (Å²) in [4.78, 5) is 27.8. The molecule has 138 valence electrons. The Labute approximate surface area is 150 Å².